The second-order valence-electron chi connectivity index (χ2n) is 5.89. The lowest BCUT2D eigenvalue weighted by molar-refractivity contribution is 0.112. The summed E-state index contributed by atoms with van der Waals surface area (Å²) in [5.41, 5.74) is 2.26. The zero-order valence-corrected chi connectivity index (χ0v) is 13.7. The topological polar surface area (TPSA) is 43.7 Å². The van der Waals surface area contributed by atoms with Crippen molar-refractivity contribution >= 4 is 17.0 Å². The maximum absolute atomic E-state index is 10.0. The second-order valence-corrected chi connectivity index (χ2v) is 5.89. The van der Waals surface area contributed by atoms with Gasteiger partial charge in [0.15, 0.2) is 11.5 Å². The molecule has 112 valence electrons. The first-order chi connectivity index (χ1) is 9.22. The van der Waals surface area contributed by atoms with Gasteiger partial charge in [0, 0.05) is 11.6 Å². The van der Waals surface area contributed by atoms with Gasteiger partial charge in [-0.1, -0.05) is 13.0 Å². The van der Waals surface area contributed by atoms with E-state index in [0.717, 1.165) is 18.4 Å². The number of fused-ring (bicyclic) bond motifs is 3. The number of piperidine rings is 1. The van der Waals surface area contributed by atoms with Crippen LogP contribution in [0.1, 0.15) is 49.7 Å². The molecule has 1 saturated heterocycles. The third-order valence-electron chi connectivity index (χ3n) is 4.79. The average Bonchev–Trinajstić information content (AvgIpc) is 2.43. The molecule has 1 aromatic rings. The van der Waals surface area contributed by atoms with Crippen LogP contribution >= 0.6 is 17.0 Å². The molecule has 1 fully saturated rings. The fraction of sp³-hybridized carbons (Fsp3) is 0.625. The van der Waals surface area contributed by atoms with Crippen LogP contribution in [0.4, 0.5) is 0 Å². The zero-order chi connectivity index (χ0) is 13.4. The Balaban J connectivity index is 0.00000147. The molecule has 3 rings (SSSR count). The number of phenolic OH excluding ortho intramolecular Hbond substituents is 2. The molecule has 2 aliphatic rings. The van der Waals surface area contributed by atoms with Crippen LogP contribution in [0, 0.1) is 0 Å². The van der Waals surface area contributed by atoms with Crippen LogP contribution in [0.5, 0.6) is 11.5 Å². The number of hydrogen-bond donors (Lipinski definition) is 2. The van der Waals surface area contributed by atoms with Gasteiger partial charge in [-0.2, -0.15) is 0 Å². The van der Waals surface area contributed by atoms with E-state index in [2.05, 4.69) is 11.8 Å². The number of halogens is 1. The van der Waals surface area contributed by atoms with E-state index in [1.54, 1.807) is 6.07 Å². The van der Waals surface area contributed by atoms with Crippen molar-refractivity contribution in [3.8, 4) is 11.5 Å². The number of nitrogens with zero attached hydrogens (tertiary/aromatic N) is 1. The lowest BCUT2D eigenvalue weighted by Crippen LogP contribution is -2.46. The zero-order valence-electron chi connectivity index (χ0n) is 12.0. The molecule has 3 nitrogen and oxygen atoms in total. The van der Waals surface area contributed by atoms with E-state index in [1.807, 2.05) is 6.07 Å². The Labute approximate surface area is 131 Å². The van der Waals surface area contributed by atoms with Crippen molar-refractivity contribution in [2.45, 2.75) is 51.0 Å². The normalized spacial score (nSPS) is 25.4. The third kappa shape index (κ3) is 2.56. The fourth-order valence-corrected chi connectivity index (χ4v) is 3.98. The van der Waals surface area contributed by atoms with Crippen molar-refractivity contribution in [3.05, 3.63) is 23.3 Å². The Bertz CT molecular complexity index is 476. The van der Waals surface area contributed by atoms with Gasteiger partial charge >= 0.3 is 0 Å². The van der Waals surface area contributed by atoms with Gasteiger partial charge in [0.25, 0.3) is 0 Å². The smallest absolute Gasteiger partial charge is 0.160 e. The van der Waals surface area contributed by atoms with Crippen LogP contribution in [-0.2, 0) is 6.42 Å². The molecular weight excluding hydrogens is 318 g/mol. The Kier molecular flexibility index (Phi) is 4.97. The first-order valence-electron chi connectivity index (χ1n) is 7.50. The molecule has 0 amide bonds. The van der Waals surface area contributed by atoms with Gasteiger partial charge in [-0.15, -0.1) is 17.0 Å². The van der Waals surface area contributed by atoms with E-state index in [1.165, 1.54) is 37.9 Å². The van der Waals surface area contributed by atoms with Gasteiger partial charge in [-0.25, -0.2) is 0 Å². The lowest BCUT2D eigenvalue weighted by Gasteiger charge is -2.45. The predicted molar refractivity (Wildman–Crippen MR) is 86.0 cm³/mol. The van der Waals surface area contributed by atoms with Crippen LogP contribution in [-0.4, -0.2) is 34.2 Å². The van der Waals surface area contributed by atoms with E-state index >= 15 is 0 Å². The molecule has 2 atom stereocenters. The second kappa shape index (κ2) is 6.35. The summed E-state index contributed by atoms with van der Waals surface area (Å²) in [7, 11) is 0. The van der Waals surface area contributed by atoms with Crippen molar-refractivity contribution in [2.24, 2.45) is 0 Å². The Morgan fingerprint density at radius 1 is 1.25 bits per heavy atom. The molecule has 1 aliphatic heterocycles. The highest BCUT2D eigenvalue weighted by Gasteiger charge is 2.37. The SMILES string of the molecule is Br.CCCN1CCC[C@@H]2c3ccc(O)c(O)c3CC[C@@H]21. The van der Waals surface area contributed by atoms with Crippen LogP contribution in [0.3, 0.4) is 0 Å². The summed E-state index contributed by atoms with van der Waals surface area (Å²) in [5.74, 6) is 0.678. The monoisotopic (exact) mass is 341 g/mol. The molecule has 4 heteroatoms. The maximum Gasteiger partial charge on any atom is 0.160 e. The average molecular weight is 342 g/mol. The molecule has 2 N–H and O–H groups in total. The molecule has 20 heavy (non-hydrogen) atoms. The first kappa shape index (κ1) is 15.6. The highest BCUT2D eigenvalue weighted by Crippen LogP contribution is 2.45. The molecule has 0 radical (unpaired) electrons. The largest absolute Gasteiger partial charge is 0.504 e. The van der Waals surface area contributed by atoms with E-state index in [4.69, 9.17) is 0 Å². The van der Waals surface area contributed by atoms with E-state index in [0.29, 0.717) is 12.0 Å². The van der Waals surface area contributed by atoms with Crippen molar-refractivity contribution < 1.29 is 10.2 Å². The summed E-state index contributed by atoms with van der Waals surface area (Å²) in [6.07, 6.45) is 5.65. The van der Waals surface area contributed by atoms with Gasteiger partial charge in [-0.3, -0.25) is 4.90 Å². The molecule has 0 spiro atoms. The molecular formula is C16H24BrNO2. The molecule has 0 aromatic heterocycles. The number of rotatable bonds is 2. The number of hydrogen-bond acceptors (Lipinski definition) is 3. The number of phenols is 2. The predicted octanol–water partition coefficient (Wildman–Crippen LogP) is 3.58. The minimum Gasteiger partial charge on any atom is -0.504 e. The third-order valence-corrected chi connectivity index (χ3v) is 4.79. The first-order valence-corrected chi connectivity index (χ1v) is 7.50. The highest BCUT2D eigenvalue weighted by atomic mass is 79.9. The summed E-state index contributed by atoms with van der Waals surface area (Å²) in [5, 5.41) is 19.7. The van der Waals surface area contributed by atoms with Crippen LogP contribution < -0.4 is 0 Å². The summed E-state index contributed by atoms with van der Waals surface area (Å²) in [6.45, 7) is 4.64. The summed E-state index contributed by atoms with van der Waals surface area (Å²) >= 11 is 0. The minimum atomic E-state index is 0. The fourth-order valence-electron chi connectivity index (χ4n) is 3.98. The molecule has 1 aromatic carbocycles. The molecule has 0 unspecified atom stereocenters. The van der Waals surface area contributed by atoms with Gasteiger partial charge in [0.2, 0.25) is 0 Å². The lowest BCUT2D eigenvalue weighted by atomic mass is 9.74. The molecule has 1 aliphatic carbocycles. The quantitative estimate of drug-likeness (QED) is 0.808. The van der Waals surface area contributed by atoms with Crippen LogP contribution in [0.25, 0.3) is 0 Å². The van der Waals surface area contributed by atoms with Crippen molar-refractivity contribution in [1.29, 1.82) is 0 Å². The standard InChI is InChI=1S/C16H23NO2.BrH/c1-2-9-17-10-3-4-12-11-6-8-15(18)16(19)13(11)5-7-14(12)17;/h6,8,12,14,18-19H,2-5,7,9-10H2,1H3;1H/t12-,14+;/m1./s1. The van der Waals surface area contributed by atoms with Gasteiger partial charge < -0.3 is 10.2 Å². The van der Waals surface area contributed by atoms with E-state index in [9.17, 15) is 10.2 Å². The van der Waals surface area contributed by atoms with Gasteiger partial charge in [-0.05, 0) is 62.7 Å². The Morgan fingerprint density at radius 2 is 2.05 bits per heavy atom. The molecule has 0 saturated carbocycles. The molecule has 0 bridgehead atoms. The highest BCUT2D eigenvalue weighted by molar-refractivity contribution is 8.93. The van der Waals surface area contributed by atoms with Gasteiger partial charge in [0.1, 0.15) is 0 Å². The van der Waals surface area contributed by atoms with Crippen molar-refractivity contribution in [1.82, 2.24) is 4.90 Å². The van der Waals surface area contributed by atoms with Crippen LogP contribution in [0.2, 0.25) is 0 Å². The molecule has 1 heterocycles. The summed E-state index contributed by atoms with van der Waals surface area (Å²) < 4.78 is 0. The summed E-state index contributed by atoms with van der Waals surface area (Å²) in [6, 6.07) is 4.30. The number of aromatic hydroxyl groups is 2. The minimum absolute atomic E-state index is 0. The number of likely N-dealkylation sites (tertiary alicyclic amines) is 1. The van der Waals surface area contributed by atoms with Gasteiger partial charge in [0.05, 0.1) is 0 Å². The summed E-state index contributed by atoms with van der Waals surface area (Å²) in [4.78, 5) is 2.63. The van der Waals surface area contributed by atoms with E-state index in [-0.39, 0.29) is 28.5 Å². The Hall–Kier alpha value is -0.740. The van der Waals surface area contributed by atoms with E-state index < -0.39 is 0 Å². The maximum atomic E-state index is 10.0. The van der Waals surface area contributed by atoms with Crippen LogP contribution in [0.15, 0.2) is 12.1 Å². The van der Waals surface area contributed by atoms with Crippen molar-refractivity contribution in [2.75, 3.05) is 13.1 Å². The van der Waals surface area contributed by atoms with Crippen molar-refractivity contribution in [3.63, 3.8) is 0 Å². The number of benzene rings is 1. The Morgan fingerprint density at radius 3 is 2.80 bits per heavy atom.